The highest BCUT2D eigenvalue weighted by Gasteiger charge is 2.13. The van der Waals surface area contributed by atoms with Crippen molar-refractivity contribution in [2.45, 2.75) is 6.92 Å². The number of hydrogen-bond donors (Lipinski definition) is 0. The van der Waals surface area contributed by atoms with Gasteiger partial charge in [-0.3, -0.25) is 4.79 Å². The molecule has 0 atom stereocenters. The molecule has 0 aliphatic rings. The van der Waals surface area contributed by atoms with Crippen LogP contribution in [-0.4, -0.2) is 17.8 Å². The second kappa shape index (κ2) is 4.30. The number of carbonyl (C=O) groups is 1. The van der Waals surface area contributed by atoms with Crippen LogP contribution in [0.3, 0.4) is 0 Å². The maximum atomic E-state index is 11.4. The molecule has 0 fully saturated rings. The van der Waals surface area contributed by atoms with Crippen molar-refractivity contribution in [2.24, 2.45) is 0 Å². The lowest BCUT2D eigenvalue weighted by atomic mass is 10.3. The van der Waals surface area contributed by atoms with Gasteiger partial charge in [0.25, 0.3) is 0 Å². The summed E-state index contributed by atoms with van der Waals surface area (Å²) < 4.78 is 0. The number of rotatable bonds is 3. The van der Waals surface area contributed by atoms with E-state index in [1.54, 1.807) is 0 Å². The molecule has 66 valence electrons. The van der Waals surface area contributed by atoms with Crippen molar-refractivity contribution in [3.63, 3.8) is 0 Å². The molecule has 0 saturated carbocycles. The maximum Gasteiger partial charge on any atom is 0.184 e. The molecule has 1 aromatic rings. The van der Waals surface area contributed by atoms with Gasteiger partial charge >= 0.3 is 0 Å². The van der Waals surface area contributed by atoms with Gasteiger partial charge in [0.1, 0.15) is 0 Å². The Labute approximate surface area is 85.1 Å². The average Bonchev–Trinajstić information content (AvgIpc) is 2.34. The van der Waals surface area contributed by atoms with Crippen LogP contribution < -0.4 is 0 Å². The van der Waals surface area contributed by atoms with Crippen molar-refractivity contribution in [3.8, 4) is 0 Å². The molecule has 0 bridgehead atoms. The molecule has 0 aliphatic heterocycles. The molecule has 1 rings (SSSR count). The molecule has 0 aromatic carbocycles. The van der Waals surface area contributed by atoms with Crippen LogP contribution in [0.1, 0.15) is 15.2 Å². The highest BCUT2D eigenvalue weighted by molar-refractivity contribution is 7.99. The largest absolute Gasteiger partial charge is 0.292 e. The highest BCUT2D eigenvalue weighted by atomic mass is 35.5. The van der Waals surface area contributed by atoms with E-state index in [1.165, 1.54) is 23.1 Å². The predicted octanol–water partition coefficient (Wildman–Crippen LogP) is 3.26. The summed E-state index contributed by atoms with van der Waals surface area (Å²) in [7, 11) is 0. The van der Waals surface area contributed by atoms with Crippen molar-refractivity contribution in [2.75, 3.05) is 12.0 Å². The Balaban J connectivity index is 2.88. The number of ketones is 1. The third-order valence-corrected chi connectivity index (χ3v) is 3.72. The fourth-order valence-corrected chi connectivity index (χ4v) is 2.55. The minimum Gasteiger partial charge on any atom is -0.292 e. The van der Waals surface area contributed by atoms with E-state index < -0.39 is 0 Å². The number of thioether (sulfide) groups is 1. The molecule has 1 aromatic heterocycles. The molecule has 0 radical (unpaired) electrons. The Bertz CT molecular complexity index is 293. The van der Waals surface area contributed by atoms with Crippen molar-refractivity contribution in [1.29, 1.82) is 0 Å². The van der Waals surface area contributed by atoms with Crippen LogP contribution >= 0.6 is 34.7 Å². The number of thiophene rings is 1. The average molecular weight is 221 g/mol. The first-order valence-electron chi connectivity index (χ1n) is 3.42. The summed E-state index contributed by atoms with van der Waals surface area (Å²) in [5.41, 5.74) is 0.992. The van der Waals surface area contributed by atoms with Crippen molar-refractivity contribution in [1.82, 2.24) is 0 Å². The Morgan fingerprint density at radius 3 is 2.83 bits per heavy atom. The zero-order valence-corrected chi connectivity index (χ0v) is 9.28. The van der Waals surface area contributed by atoms with Crippen LogP contribution in [0.15, 0.2) is 5.38 Å². The summed E-state index contributed by atoms with van der Waals surface area (Å²) in [6.45, 7) is 1.91. The predicted molar refractivity (Wildman–Crippen MR) is 56.8 cm³/mol. The van der Waals surface area contributed by atoms with E-state index in [2.05, 4.69) is 0 Å². The highest BCUT2D eigenvalue weighted by Crippen LogP contribution is 2.27. The summed E-state index contributed by atoms with van der Waals surface area (Å²) in [6.07, 6.45) is 1.91. The van der Waals surface area contributed by atoms with Gasteiger partial charge in [-0.25, -0.2) is 0 Å². The van der Waals surface area contributed by atoms with Crippen LogP contribution in [-0.2, 0) is 0 Å². The SMILES string of the molecule is CSCC(=O)c1scc(C)c1Cl. The maximum absolute atomic E-state index is 11.4. The molecule has 0 spiro atoms. The lowest BCUT2D eigenvalue weighted by Gasteiger charge is -1.94. The molecule has 0 aliphatic carbocycles. The third kappa shape index (κ3) is 2.03. The monoisotopic (exact) mass is 220 g/mol. The van der Waals surface area contributed by atoms with Crippen LogP contribution in [0.4, 0.5) is 0 Å². The second-order valence-electron chi connectivity index (χ2n) is 2.42. The topological polar surface area (TPSA) is 17.1 Å². The summed E-state index contributed by atoms with van der Waals surface area (Å²) in [5.74, 6) is 0.644. The normalized spacial score (nSPS) is 10.2. The lowest BCUT2D eigenvalue weighted by molar-refractivity contribution is 0.102. The number of hydrogen-bond acceptors (Lipinski definition) is 3. The van der Waals surface area contributed by atoms with Gasteiger partial charge in [-0.15, -0.1) is 11.3 Å². The summed E-state index contributed by atoms with van der Waals surface area (Å²) in [6, 6.07) is 0. The zero-order chi connectivity index (χ0) is 9.14. The first-order chi connectivity index (χ1) is 5.66. The van der Waals surface area contributed by atoms with Crippen LogP contribution in [0.2, 0.25) is 5.02 Å². The third-order valence-electron chi connectivity index (χ3n) is 1.43. The van der Waals surface area contributed by atoms with E-state index >= 15 is 0 Å². The molecule has 0 N–H and O–H groups in total. The minimum atomic E-state index is 0.130. The fraction of sp³-hybridized carbons (Fsp3) is 0.375. The van der Waals surface area contributed by atoms with Gasteiger partial charge in [0.15, 0.2) is 5.78 Å². The standard InChI is InChI=1S/C8H9ClOS2/c1-5-3-12-8(7(5)9)6(10)4-11-2/h3H,4H2,1-2H3. The summed E-state index contributed by atoms with van der Waals surface area (Å²) in [5, 5.41) is 2.54. The van der Waals surface area contributed by atoms with Gasteiger partial charge in [0.05, 0.1) is 15.7 Å². The molecular formula is C8H9ClOS2. The van der Waals surface area contributed by atoms with Crippen molar-refractivity contribution in [3.05, 3.63) is 20.8 Å². The molecule has 1 heterocycles. The van der Waals surface area contributed by atoms with E-state index in [0.29, 0.717) is 15.7 Å². The molecule has 4 heteroatoms. The summed E-state index contributed by atoms with van der Waals surface area (Å²) in [4.78, 5) is 12.1. The van der Waals surface area contributed by atoms with E-state index in [1.807, 2.05) is 18.6 Å². The Kier molecular flexibility index (Phi) is 3.62. The molecule has 0 unspecified atom stereocenters. The van der Waals surface area contributed by atoms with E-state index in [0.717, 1.165) is 5.56 Å². The van der Waals surface area contributed by atoms with Gasteiger partial charge < -0.3 is 0 Å². The second-order valence-corrected chi connectivity index (χ2v) is 4.54. The first kappa shape index (κ1) is 10.1. The number of aryl methyl sites for hydroxylation is 1. The zero-order valence-electron chi connectivity index (χ0n) is 6.89. The Hall–Kier alpha value is 0.01000. The Morgan fingerprint density at radius 2 is 2.42 bits per heavy atom. The van der Waals surface area contributed by atoms with Crippen LogP contribution in [0, 0.1) is 6.92 Å². The van der Waals surface area contributed by atoms with Gasteiger partial charge in [0, 0.05) is 0 Å². The van der Waals surface area contributed by atoms with Crippen molar-refractivity contribution >= 4 is 40.5 Å². The van der Waals surface area contributed by atoms with Gasteiger partial charge in [-0.2, -0.15) is 11.8 Å². The minimum absolute atomic E-state index is 0.130. The van der Waals surface area contributed by atoms with E-state index in [9.17, 15) is 4.79 Å². The van der Waals surface area contributed by atoms with Gasteiger partial charge in [-0.05, 0) is 24.1 Å². The molecule has 0 amide bonds. The molecule has 0 saturated heterocycles. The smallest absolute Gasteiger partial charge is 0.184 e. The van der Waals surface area contributed by atoms with Crippen molar-refractivity contribution < 1.29 is 4.79 Å². The van der Waals surface area contributed by atoms with Gasteiger partial charge in [-0.1, -0.05) is 11.6 Å². The molecule has 1 nitrogen and oxygen atoms in total. The molecular weight excluding hydrogens is 212 g/mol. The fourth-order valence-electron chi connectivity index (χ4n) is 0.815. The number of Topliss-reactive ketones (excluding diaryl/α,β-unsaturated/α-hetero) is 1. The van der Waals surface area contributed by atoms with Crippen LogP contribution in [0.25, 0.3) is 0 Å². The van der Waals surface area contributed by atoms with Gasteiger partial charge in [0.2, 0.25) is 0 Å². The lowest BCUT2D eigenvalue weighted by Crippen LogP contribution is -1.99. The molecule has 12 heavy (non-hydrogen) atoms. The van der Waals surface area contributed by atoms with E-state index in [-0.39, 0.29) is 5.78 Å². The summed E-state index contributed by atoms with van der Waals surface area (Å²) >= 11 is 8.87. The number of carbonyl (C=O) groups excluding carboxylic acids is 1. The van der Waals surface area contributed by atoms with E-state index in [4.69, 9.17) is 11.6 Å². The first-order valence-corrected chi connectivity index (χ1v) is 6.07. The van der Waals surface area contributed by atoms with Crippen LogP contribution in [0.5, 0.6) is 0 Å². The Morgan fingerprint density at radius 1 is 1.75 bits per heavy atom. The quantitative estimate of drug-likeness (QED) is 0.728. The number of halogens is 1.